The first-order valence-corrected chi connectivity index (χ1v) is 11.3. The Morgan fingerprint density at radius 1 is 1.26 bits per heavy atom. The van der Waals surface area contributed by atoms with Crippen LogP contribution in [0.3, 0.4) is 0 Å². The monoisotopic (exact) mass is 384 g/mol. The molecule has 0 unspecified atom stereocenters. The number of aromatic nitrogens is 1. The van der Waals surface area contributed by atoms with Crippen molar-refractivity contribution in [3.63, 3.8) is 0 Å². The predicted octanol–water partition coefficient (Wildman–Crippen LogP) is 5.19. The third-order valence-electron chi connectivity index (χ3n) is 6.89. The Balaban J connectivity index is 1.52. The molecule has 2 atom stereocenters. The van der Waals surface area contributed by atoms with Gasteiger partial charge in [-0.2, -0.15) is 0 Å². The number of hydrogen-bond donors (Lipinski definition) is 0. The molecule has 4 rings (SSSR count). The maximum absolute atomic E-state index is 6.17. The summed E-state index contributed by atoms with van der Waals surface area (Å²) < 4.78 is 6.17. The number of thiophene rings is 1. The summed E-state index contributed by atoms with van der Waals surface area (Å²) in [6.07, 6.45) is 8.57. The van der Waals surface area contributed by atoms with Crippen LogP contribution in [0.25, 0.3) is 0 Å². The van der Waals surface area contributed by atoms with Gasteiger partial charge in [0, 0.05) is 40.9 Å². The van der Waals surface area contributed by atoms with Crippen LogP contribution in [-0.2, 0) is 16.7 Å². The van der Waals surface area contributed by atoms with Crippen LogP contribution in [0, 0.1) is 12.3 Å². The second kappa shape index (κ2) is 7.65. The Kier molecular flexibility index (Phi) is 5.41. The van der Waals surface area contributed by atoms with Gasteiger partial charge >= 0.3 is 0 Å². The highest BCUT2D eigenvalue weighted by molar-refractivity contribution is 7.09. The van der Waals surface area contributed by atoms with Gasteiger partial charge in [-0.15, -0.1) is 11.3 Å². The molecular formula is C23H32N2OS. The summed E-state index contributed by atoms with van der Waals surface area (Å²) in [5.74, 6) is 0. The van der Waals surface area contributed by atoms with Crippen molar-refractivity contribution in [1.82, 2.24) is 9.88 Å². The predicted molar refractivity (Wildman–Crippen MR) is 112 cm³/mol. The lowest BCUT2D eigenvalue weighted by Gasteiger charge is -2.37. The molecule has 2 aromatic rings. The SMILES string of the molecule is CCO[C@H](C)[C@@]1(CCc2cccs2)CCN(C2(c3ccc(C)nc3)CC2)C1. The van der Waals surface area contributed by atoms with Crippen LogP contribution >= 0.6 is 11.3 Å². The molecule has 2 aliphatic rings. The van der Waals surface area contributed by atoms with E-state index in [-0.39, 0.29) is 11.0 Å². The molecule has 0 bridgehead atoms. The van der Waals surface area contributed by atoms with E-state index >= 15 is 0 Å². The van der Waals surface area contributed by atoms with Crippen LogP contribution < -0.4 is 0 Å². The molecule has 2 aromatic heterocycles. The van der Waals surface area contributed by atoms with Crippen LogP contribution in [0.2, 0.25) is 0 Å². The van der Waals surface area contributed by atoms with Crippen LogP contribution in [0.4, 0.5) is 0 Å². The minimum atomic E-state index is 0.233. The highest BCUT2D eigenvalue weighted by Crippen LogP contribution is 2.55. The Bertz CT molecular complexity index is 738. The van der Waals surface area contributed by atoms with Crippen LogP contribution in [0.15, 0.2) is 35.8 Å². The first kappa shape index (κ1) is 19.1. The van der Waals surface area contributed by atoms with Gasteiger partial charge < -0.3 is 4.74 Å². The van der Waals surface area contributed by atoms with Crippen LogP contribution in [-0.4, -0.2) is 35.7 Å². The number of nitrogens with zero attached hydrogens (tertiary/aromatic N) is 2. The van der Waals surface area contributed by atoms with Gasteiger partial charge in [0.1, 0.15) is 0 Å². The summed E-state index contributed by atoms with van der Waals surface area (Å²) in [5.41, 5.74) is 3.00. The van der Waals surface area contributed by atoms with Crippen LogP contribution in [0.5, 0.6) is 0 Å². The minimum Gasteiger partial charge on any atom is -0.378 e. The van der Waals surface area contributed by atoms with E-state index in [1.807, 2.05) is 11.3 Å². The molecule has 27 heavy (non-hydrogen) atoms. The summed E-state index contributed by atoms with van der Waals surface area (Å²) in [4.78, 5) is 8.83. The topological polar surface area (TPSA) is 25.4 Å². The van der Waals surface area contributed by atoms with E-state index in [9.17, 15) is 0 Å². The lowest BCUT2D eigenvalue weighted by Crippen LogP contribution is -2.41. The van der Waals surface area contributed by atoms with E-state index < -0.39 is 0 Å². The van der Waals surface area contributed by atoms with Gasteiger partial charge in [0.25, 0.3) is 0 Å². The zero-order valence-corrected chi connectivity index (χ0v) is 17.7. The van der Waals surface area contributed by atoms with Gasteiger partial charge in [0.2, 0.25) is 0 Å². The minimum absolute atomic E-state index is 0.233. The van der Waals surface area contributed by atoms with Crippen molar-refractivity contribution >= 4 is 11.3 Å². The largest absolute Gasteiger partial charge is 0.378 e. The molecule has 1 aliphatic carbocycles. The van der Waals surface area contributed by atoms with Crippen molar-refractivity contribution in [2.75, 3.05) is 19.7 Å². The average Bonchev–Trinajstić information content (AvgIpc) is 3.11. The molecule has 0 amide bonds. The lowest BCUT2D eigenvalue weighted by molar-refractivity contribution is -0.0267. The van der Waals surface area contributed by atoms with Crippen LogP contribution in [0.1, 0.15) is 55.7 Å². The summed E-state index contributed by atoms with van der Waals surface area (Å²) in [5, 5.41) is 2.19. The Hall–Kier alpha value is -1.23. The summed E-state index contributed by atoms with van der Waals surface area (Å²) in [7, 11) is 0. The highest BCUT2D eigenvalue weighted by atomic mass is 32.1. The van der Waals surface area contributed by atoms with Gasteiger partial charge in [0.15, 0.2) is 0 Å². The number of ether oxygens (including phenoxy) is 1. The molecule has 1 saturated carbocycles. The molecule has 4 heteroatoms. The molecule has 3 nitrogen and oxygen atoms in total. The van der Waals surface area contributed by atoms with Gasteiger partial charge in [0.05, 0.1) is 6.10 Å². The Morgan fingerprint density at radius 2 is 2.11 bits per heavy atom. The second-order valence-electron chi connectivity index (χ2n) is 8.43. The maximum atomic E-state index is 6.17. The number of aryl methyl sites for hydroxylation is 2. The number of hydrogen-bond acceptors (Lipinski definition) is 4. The van der Waals surface area contributed by atoms with Crippen molar-refractivity contribution in [1.29, 1.82) is 0 Å². The standard InChI is InChI=1S/C23H32N2OS/c1-4-26-19(3)22(10-9-21-6-5-15-27-21)13-14-25(17-22)23(11-12-23)20-8-7-18(2)24-16-20/h5-8,15-16,19H,4,9-14,17H2,1-3H3/t19-,22+/m1/s1. The summed E-state index contributed by atoms with van der Waals surface area (Å²) in [6.45, 7) is 9.61. The summed E-state index contributed by atoms with van der Waals surface area (Å²) >= 11 is 1.88. The van der Waals surface area contributed by atoms with Crippen molar-refractivity contribution in [3.05, 3.63) is 52.0 Å². The van der Waals surface area contributed by atoms with E-state index in [1.54, 1.807) is 0 Å². The third kappa shape index (κ3) is 3.72. The van der Waals surface area contributed by atoms with Gasteiger partial charge in [-0.25, -0.2) is 0 Å². The molecule has 0 radical (unpaired) electrons. The lowest BCUT2D eigenvalue weighted by atomic mass is 9.77. The molecule has 1 aliphatic heterocycles. The van der Waals surface area contributed by atoms with Gasteiger partial charge in [-0.3, -0.25) is 9.88 Å². The molecule has 0 spiro atoms. The fraction of sp³-hybridized carbons (Fsp3) is 0.609. The molecule has 146 valence electrons. The van der Waals surface area contributed by atoms with E-state index in [0.717, 1.165) is 18.8 Å². The maximum Gasteiger partial charge on any atom is 0.0615 e. The van der Waals surface area contributed by atoms with E-state index in [1.165, 1.54) is 49.1 Å². The van der Waals surface area contributed by atoms with E-state index in [2.05, 4.69) is 66.5 Å². The van der Waals surface area contributed by atoms with Crippen molar-refractivity contribution in [2.24, 2.45) is 5.41 Å². The van der Waals surface area contributed by atoms with E-state index in [0.29, 0.717) is 6.10 Å². The highest BCUT2D eigenvalue weighted by Gasteiger charge is 2.55. The van der Waals surface area contributed by atoms with Gasteiger partial charge in [-0.05, 0) is 82.5 Å². The smallest absolute Gasteiger partial charge is 0.0615 e. The molecule has 0 N–H and O–H groups in total. The number of pyridine rings is 1. The van der Waals surface area contributed by atoms with Gasteiger partial charge in [-0.1, -0.05) is 12.1 Å². The number of likely N-dealkylation sites (tertiary alicyclic amines) is 1. The van der Waals surface area contributed by atoms with E-state index in [4.69, 9.17) is 4.74 Å². The fourth-order valence-electron chi connectivity index (χ4n) is 4.90. The first-order chi connectivity index (χ1) is 13.1. The second-order valence-corrected chi connectivity index (χ2v) is 9.46. The average molecular weight is 385 g/mol. The summed E-state index contributed by atoms with van der Waals surface area (Å²) in [6, 6.07) is 8.91. The zero-order chi connectivity index (χ0) is 18.9. The zero-order valence-electron chi connectivity index (χ0n) is 16.9. The third-order valence-corrected chi connectivity index (χ3v) is 7.83. The van der Waals surface area contributed by atoms with Crippen molar-refractivity contribution < 1.29 is 4.74 Å². The quantitative estimate of drug-likeness (QED) is 0.626. The molecular weight excluding hydrogens is 352 g/mol. The molecule has 1 saturated heterocycles. The fourth-order valence-corrected chi connectivity index (χ4v) is 5.61. The molecule has 0 aromatic carbocycles. The Morgan fingerprint density at radius 3 is 2.74 bits per heavy atom. The number of rotatable bonds is 8. The molecule has 3 heterocycles. The molecule has 2 fully saturated rings. The Labute approximate surface area is 167 Å². The van der Waals surface area contributed by atoms with Crippen molar-refractivity contribution in [3.8, 4) is 0 Å². The normalized spacial score (nSPS) is 25.6. The van der Waals surface area contributed by atoms with Crippen molar-refractivity contribution in [2.45, 2.75) is 64.5 Å². The first-order valence-electron chi connectivity index (χ1n) is 10.4.